The first-order chi connectivity index (χ1) is 9.85. The van der Waals surface area contributed by atoms with Crippen LogP contribution in [0.3, 0.4) is 0 Å². The molecule has 0 N–H and O–H groups in total. The predicted octanol–water partition coefficient (Wildman–Crippen LogP) is 2.88. The molecule has 0 bridgehead atoms. The molecule has 1 saturated carbocycles. The van der Waals surface area contributed by atoms with Crippen LogP contribution in [-0.4, -0.2) is 43.0 Å². The third kappa shape index (κ3) is 2.36. The van der Waals surface area contributed by atoms with Gasteiger partial charge in [-0.2, -0.15) is 0 Å². The monoisotopic (exact) mass is 275 g/mol. The lowest BCUT2D eigenvalue weighted by Gasteiger charge is -2.44. The van der Waals surface area contributed by atoms with Crippen molar-refractivity contribution in [3.05, 3.63) is 23.8 Å². The van der Waals surface area contributed by atoms with Crippen molar-refractivity contribution in [2.24, 2.45) is 5.92 Å². The van der Waals surface area contributed by atoms with Crippen LogP contribution in [0, 0.1) is 5.92 Å². The van der Waals surface area contributed by atoms with Gasteiger partial charge < -0.3 is 9.47 Å². The molecule has 1 atom stereocenters. The average molecular weight is 275 g/mol. The highest BCUT2D eigenvalue weighted by molar-refractivity contribution is 5.24. The lowest BCUT2D eigenvalue weighted by atomic mass is 9.82. The normalized spacial score (nSPS) is 34.2. The summed E-state index contributed by atoms with van der Waals surface area (Å²) in [6.07, 6.45) is 14.1. The third-order valence-electron chi connectivity index (χ3n) is 5.59. The Morgan fingerprint density at radius 2 is 1.90 bits per heavy atom. The number of fused-ring (bicyclic) bond motifs is 1. The van der Waals surface area contributed by atoms with Gasteiger partial charge in [0.2, 0.25) is 0 Å². The zero-order chi connectivity index (χ0) is 13.4. The number of ether oxygens (including phenoxy) is 2. The molecule has 0 amide bonds. The fraction of sp³-hybridized carbons (Fsp3) is 0.765. The number of hydrogen-bond donors (Lipinski definition) is 0. The Kier molecular flexibility index (Phi) is 3.45. The molecule has 2 saturated heterocycles. The van der Waals surface area contributed by atoms with Crippen molar-refractivity contribution in [3.63, 3.8) is 0 Å². The molecule has 0 aromatic rings. The average Bonchev–Trinajstić information content (AvgIpc) is 2.96. The van der Waals surface area contributed by atoms with Crippen LogP contribution in [0.25, 0.3) is 0 Å². The van der Waals surface area contributed by atoms with Crippen molar-refractivity contribution in [2.45, 2.75) is 50.4 Å². The summed E-state index contributed by atoms with van der Waals surface area (Å²) in [7, 11) is 0. The summed E-state index contributed by atoms with van der Waals surface area (Å²) in [5, 5.41) is 0. The molecule has 2 aliphatic carbocycles. The minimum atomic E-state index is -0.207. The van der Waals surface area contributed by atoms with Crippen molar-refractivity contribution >= 4 is 0 Å². The zero-order valence-corrected chi connectivity index (χ0v) is 12.2. The standard InChI is InChI=1S/C17H25NO2/c1-2-4-15-13-18(10-7-14(15)3-1)16-5-8-17(9-6-16)19-11-12-20-17/h1-2,4,14,16H,3,5-13H2. The number of piperidine rings is 1. The summed E-state index contributed by atoms with van der Waals surface area (Å²) in [4.78, 5) is 2.71. The van der Waals surface area contributed by atoms with E-state index in [9.17, 15) is 0 Å². The Hall–Kier alpha value is -0.640. The van der Waals surface area contributed by atoms with Gasteiger partial charge in [0.05, 0.1) is 13.2 Å². The van der Waals surface area contributed by atoms with Crippen molar-refractivity contribution in [1.29, 1.82) is 0 Å². The molecular formula is C17H25NO2. The van der Waals surface area contributed by atoms with E-state index in [4.69, 9.17) is 9.47 Å². The maximum absolute atomic E-state index is 5.84. The first-order valence-electron chi connectivity index (χ1n) is 8.22. The largest absolute Gasteiger partial charge is 0.348 e. The minimum absolute atomic E-state index is 0.207. The summed E-state index contributed by atoms with van der Waals surface area (Å²) in [6, 6.07) is 0.737. The molecule has 3 fully saturated rings. The van der Waals surface area contributed by atoms with Crippen LogP contribution in [0.5, 0.6) is 0 Å². The fourth-order valence-corrected chi connectivity index (χ4v) is 4.35. The van der Waals surface area contributed by atoms with Crippen LogP contribution in [-0.2, 0) is 9.47 Å². The molecule has 20 heavy (non-hydrogen) atoms. The van der Waals surface area contributed by atoms with Crippen molar-refractivity contribution in [1.82, 2.24) is 4.90 Å². The second-order valence-corrected chi connectivity index (χ2v) is 6.70. The molecule has 110 valence electrons. The molecule has 3 nitrogen and oxygen atoms in total. The van der Waals surface area contributed by atoms with Gasteiger partial charge in [-0.1, -0.05) is 23.8 Å². The first-order valence-corrected chi connectivity index (χ1v) is 8.22. The summed E-state index contributed by atoms with van der Waals surface area (Å²) >= 11 is 0. The SMILES string of the molecule is C1=CCC2CCN(C3CCC4(CC3)OCCO4)CC2=C1. The van der Waals surface area contributed by atoms with E-state index in [2.05, 4.69) is 23.1 Å². The highest BCUT2D eigenvalue weighted by atomic mass is 16.7. The summed E-state index contributed by atoms with van der Waals surface area (Å²) < 4.78 is 11.7. The fourth-order valence-electron chi connectivity index (χ4n) is 4.35. The van der Waals surface area contributed by atoms with E-state index in [1.165, 1.54) is 38.8 Å². The van der Waals surface area contributed by atoms with Gasteiger partial charge in [-0.3, -0.25) is 4.90 Å². The Morgan fingerprint density at radius 1 is 1.10 bits per heavy atom. The van der Waals surface area contributed by atoms with E-state index in [1.54, 1.807) is 5.57 Å². The Labute approximate surface area is 121 Å². The molecule has 2 aliphatic heterocycles. The maximum atomic E-state index is 5.84. The lowest BCUT2D eigenvalue weighted by molar-refractivity contribution is -0.184. The molecule has 0 aromatic heterocycles. The van der Waals surface area contributed by atoms with Crippen LogP contribution in [0.4, 0.5) is 0 Å². The number of allylic oxidation sites excluding steroid dienone is 3. The van der Waals surface area contributed by atoms with E-state index in [0.29, 0.717) is 0 Å². The van der Waals surface area contributed by atoms with Gasteiger partial charge in [0.15, 0.2) is 5.79 Å². The van der Waals surface area contributed by atoms with Gasteiger partial charge in [-0.05, 0) is 38.1 Å². The van der Waals surface area contributed by atoms with Gasteiger partial charge >= 0.3 is 0 Å². The van der Waals surface area contributed by atoms with E-state index in [1.807, 2.05) is 0 Å². The van der Waals surface area contributed by atoms with Gasteiger partial charge in [0.1, 0.15) is 0 Å². The lowest BCUT2D eigenvalue weighted by Crippen LogP contribution is -2.47. The van der Waals surface area contributed by atoms with Gasteiger partial charge in [0.25, 0.3) is 0 Å². The van der Waals surface area contributed by atoms with E-state index in [0.717, 1.165) is 38.0 Å². The number of rotatable bonds is 1. The first kappa shape index (κ1) is 13.1. The van der Waals surface area contributed by atoms with Crippen LogP contribution < -0.4 is 0 Å². The summed E-state index contributed by atoms with van der Waals surface area (Å²) in [5.74, 6) is 0.620. The molecule has 0 aromatic carbocycles. The molecule has 1 spiro atoms. The molecule has 4 rings (SSSR count). The van der Waals surface area contributed by atoms with Crippen molar-refractivity contribution < 1.29 is 9.47 Å². The summed E-state index contributed by atoms with van der Waals surface area (Å²) in [6.45, 7) is 4.04. The van der Waals surface area contributed by atoms with Crippen LogP contribution in [0.15, 0.2) is 23.8 Å². The topological polar surface area (TPSA) is 21.7 Å². The van der Waals surface area contributed by atoms with Crippen LogP contribution in [0.2, 0.25) is 0 Å². The second-order valence-electron chi connectivity index (χ2n) is 6.70. The van der Waals surface area contributed by atoms with E-state index < -0.39 is 0 Å². The highest BCUT2D eigenvalue weighted by Gasteiger charge is 2.42. The Bertz CT molecular complexity index is 413. The van der Waals surface area contributed by atoms with E-state index in [-0.39, 0.29) is 5.79 Å². The van der Waals surface area contributed by atoms with Crippen LogP contribution >= 0.6 is 0 Å². The van der Waals surface area contributed by atoms with E-state index >= 15 is 0 Å². The van der Waals surface area contributed by atoms with Gasteiger partial charge in [-0.25, -0.2) is 0 Å². The number of likely N-dealkylation sites (tertiary alicyclic amines) is 1. The number of hydrogen-bond acceptors (Lipinski definition) is 3. The van der Waals surface area contributed by atoms with Crippen molar-refractivity contribution in [2.75, 3.05) is 26.3 Å². The molecule has 0 radical (unpaired) electrons. The minimum Gasteiger partial charge on any atom is -0.348 e. The van der Waals surface area contributed by atoms with Gasteiger partial charge in [-0.15, -0.1) is 0 Å². The summed E-state index contributed by atoms with van der Waals surface area (Å²) in [5.41, 5.74) is 1.66. The molecule has 1 unspecified atom stereocenters. The Balaban J connectivity index is 1.37. The zero-order valence-electron chi connectivity index (χ0n) is 12.2. The molecule has 2 heterocycles. The maximum Gasteiger partial charge on any atom is 0.168 e. The van der Waals surface area contributed by atoms with Crippen molar-refractivity contribution in [3.8, 4) is 0 Å². The second kappa shape index (κ2) is 5.28. The molecular weight excluding hydrogens is 250 g/mol. The predicted molar refractivity (Wildman–Crippen MR) is 78.4 cm³/mol. The highest BCUT2D eigenvalue weighted by Crippen LogP contribution is 2.39. The quantitative estimate of drug-likeness (QED) is 0.734. The molecule has 4 aliphatic rings. The third-order valence-corrected chi connectivity index (χ3v) is 5.59. The van der Waals surface area contributed by atoms with Crippen LogP contribution in [0.1, 0.15) is 38.5 Å². The Morgan fingerprint density at radius 3 is 2.70 bits per heavy atom. The van der Waals surface area contributed by atoms with Gasteiger partial charge in [0, 0.05) is 25.4 Å². The molecule has 3 heteroatoms. The smallest absolute Gasteiger partial charge is 0.168 e. The number of nitrogens with zero attached hydrogens (tertiary/aromatic N) is 1.